The number of fused-ring (bicyclic) bond motifs is 1. The van der Waals surface area contributed by atoms with Crippen molar-refractivity contribution in [2.45, 2.75) is 0 Å². The van der Waals surface area contributed by atoms with Crippen molar-refractivity contribution in [1.29, 1.82) is 0 Å². The molecular weight excluding hydrogens is 352 g/mol. The Kier molecular flexibility index (Phi) is 4.18. The van der Waals surface area contributed by atoms with Gasteiger partial charge in [-0.3, -0.25) is 4.57 Å². The quantitative estimate of drug-likeness (QED) is 0.543. The second kappa shape index (κ2) is 6.65. The molecule has 0 saturated carbocycles. The molecule has 26 heavy (non-hydrogen) atoms. The summed E-state index contributed by atoms with van der Waals surface area (Å²) >= 11 is 6.00. The lowest BCUT2D eigenvalue weighted by Crippen LogP contribution is -2.02. The summed E-state index contributed by atoms with van der Waals surface area (Å²) in [5.74, 6) is 2.70. The monoisotopic (exact) mass is 366 g/mol. The number of hydrogen-bond acceptors (Lipinski definition) is 5. The van der Waals surface area contributed by atoms with E-state index in [9.17, 15) is 0 Å². The van der Waals surface area contributed by atoms with E-state index < -0.39 is 0 Å². The van der Waals surface area contributed by atoms with Gasteiger partial charge in [0.25, 0.3) is 0 Å². The molecule has 2 aromatic heterocycles. The van der Waals surface area contributed by atoms with Crippen LogP contribution in [0.5, 0.6) is 11.5 Å². The van der Waals surface area contributed by atoms with Gasteiger partial charge in [0.2, 0.25) is 0 Å². The van der Waals surface area contributed by atoms with Crippen LogP contribution in [0, 0.1) is 0 Å². The van der Waals surface area contributed by atoms with Gasteiger partial charge in [-0.15, -0.1) is 0 Å². The number of methoxy groups -OCH3 is 2. The topological polar surface area (TPSA) is 62.1 Å². The first-order chi connectivity index (χ1) is 12.7. The first kappa shape index (κ1) is 16.4. The third-order valence-electron chi connectivity index (χ3n) is 4.09. The van der Waals surface area contributed by atoms with Crippen LogP contribution in [0.4, 0.5) is 0 Å². The Labute approximate surface area is 155 Å². The van der Waals surface area contributed by atoms with Crippen molar-refractivity contribution in [2.75, 3.05) is 14.2 Å². The molecule has 0 N–H and O–H groups in total. The Morgan fingerprint density at radius 2 is 1.65 bits per heavy atom. The molecule has 0 spiro atoms. The predicted molar refractivity (Wildman–Crippen MR) is 100 cm³/mol. The van der Waals surface area contributed by atoms with E-state index in [1.807, 2.05) is 47.2 Å². The van der Waals surface area contributed by atoms with Gasteiger partial charge in [0.1, 0.15) is 18.0 Å². The highest BCUT2D eigenvalue weighted by atomic mass is 35.5. The van der Waals surface area contributed by atoms with E-state index in [2.05, 4.69) is 15.0 Å². The third kappa shape index (κ3) is 2.74. The number of imidazole rings is 1. The first-order valence-corrected chi connectivity index (χ1v) is 8.25. The van der Waals surface area contributed by atoms with Gasteiger partial charge in [0, 0.05) is 34.4 Å². The Morgan fingerprint density at radius 3 is 2.38 bits per heavy atom. The van der Waals surface area contributed by atoms with Crippen LogP contribution in [0.2, 0.25) is 5.02 Å². The smallest absolute Gasteiger partial charge is 0.162 e. The summed E-state index contributed by atoms with van der Waals surface area (Å²) in [5, 5.41) is 1.51. The van der Waals surface area contributed by atoms with Crippen LogP contribution >= 0.6 is 11.6 Å². The van der Waals surface area contributed by atoms with Crippen molar-refractivity contribution < 1.29 is 9.47 Å². The van der Waals surface area contributed by atoms with Crippen molar-refractivity contribution in [3.8, 4) is 28.7 Å². The molecule has 0 amide bonds. The highest BCUT2D eigenvalue weighted by Crippen LogP contribution is 2.34. The van der Waals surface area contributed by atoms with E-state index in [4.69, 9.17) is 21.1 Å². The van der Waals surface area contributed by atoms with Crippen LogP contribution < -0.4 is 9.47 Å². The van der Waals surface area contributed by atoms with Gasteiger partial charge < -0.3 is 9.47 Å². The molecule has 2 aromatic carbocycles. The Morgan fingerprint density at radius 1 is 0.923 bits per heavy atom. The molecular formula is C19H15ClN4O2. The van der Waals surface area contributed by atoms with Gasteiger partial charge in [-0.05, 0) is 30.3 Å². The zero-order valence-electron chi connectivity index (χ0n) is 14.2. The number of ether oxygens (including phenoxy) is 2. The summed E-state index contributed by atoms with van der Waals surface area (Å²) in [6.07, 6.45) is 5.12. The normalized spacial score (nSPS) is 10.9. The lowest BCUT2D eigenvalue weighted by molar-refractivity contribution is 0.355. The zero-order valence-corrected chi connectivity index (χ0v) is 14.9. The fourth-order valence-electron chi connectivity index (χ4n) is 2.85. The number of halogens is 1. The van der Waals surface area contributed by atoms with Crippen molar-refractivity contribution in [2.24, 2.45) is 0 Å². The highest BCUT2D eigenvalue weighted by Gasteiger charge is 2.15. The highest BCUT2D eigenvalue weighted by molar-refractivity contribution is 6.30. The van der Waals surface area contributed by atoms with Crippen LogP contribution in [-0.4, -0.2) is 33.7 Å². The van der Waals surface area contributed by atoms with Gasteiger partial charge in [-0.2, -0.15) is 0 Å². The number of aromatic nitrogens is 4. The van der Waals surface area contributed by atoms with E-state index >= 15 is 0 Å². The summed E-state index contributed by atoms with van der Waals surface area (Å²) < 4.78 is 12.7. The third-order valence-corrected chi connectivity index (χ3v) is 4.34. The molecule has 0 aliphatic carbocycles. The van der Waals surface area contributed by atoms with Gasteiger partial charge in [-0.1, -0.05) is 11.6 Å². The number of nitrogens with zero attached hydrogens (tertiary/aromatic N) is 4. The van der Waals surface area contributed by atoms with Gasteiger partial charge in [-0.25, -0.2) is 15.0 Å². The molecule has 0 bridgehead atoms. The Hall–Kier alpha value is -3.12. The van der Waals surface area contributed by atoms with Gasteiger partial charge in [0.15, 0.2) is 11.5 Å². The second-order valence-electron chi connectivity index (χ2n) is 5.55. The van der Waals surface area contributed by atoms with Gasteiger partial charge >= 0.3 is 0 Å². The average Bonchev–Trinajstić information content (AvgIpc) is 3.16. The molecule has 7 heteroatoms. The molecule has 0 unspecified atom stereocenters. The van der Waals surface area contributed by atoms with E-state index in [-0.39, 0.29) is 0 Å². The maximum Gasteiger partial charge on any atom is 0.162 e. The van der Waals surface area contributed by atoms with Crippen molar-refractivity contribution in [3.63, 3.8) is 0 Å². The molecule has 0 atom stereocenters. The molecule has 0 aliphatic rings. The predicted octanol–water partition coefficient (Wildman–Crippen LogP) is 4.15. The van der Waals surface area contributed by atoms with Crippen LogP contribution in [-0.2, 0) is 0 Å². The number of hydrogen-bond donors (Lipinski definition) is 0. The van der Waals surface area contributed by atoms with E-state index in [1.165, 1.54) is 6.33 Å². The molecule has 0 fully saturated rings. The SMILES string of the molecule is COc1cc2ncnc(-n3ccnc3-c3ccc(Cl)cc3)c2cc1OC. The van der Waals surface area contributed by atoms with Gasteiger partial charge in [0.05, 0.1) is 19.7 Å². The number of benzene rings is 2. The van der Waals surface area contributed by atoms with Crippen molar-refractivity contribution in [3.05, 3.63) is 60.1 Å². The Bertz CT molecular complexity index is 1080. The fraction of sp³-hybridized carbons (Fsp3) is 0.105. The standard InChI is InChI=1S/C19H15ClN4O2/c1-25-16-9-14-15(10-17(16)26-2)22-11-23-19(14)24-8-7-21-18(24)12-3-5-13(20)6-4-12/h3-11H,1-2H3. The fourth-order valence-corrected chi connectivity index (χ4v) is 2.97. The molecule has 4 aromatic rings. The largest absolute Gasteiger partial charge is 0.493 e. The maximum absolute atomic E-state index is 6.00. The second-order valence-corrected chi connectivity index (χ2v) is 5.99. The van der Waals surface area contributed by atoms with E-state index in [0.29, 0.717) is 22.3 Å². The molecule has 4 rings (SSSR count). The summed E-state index contributed by atoms with van der Waals surface area (Å²) in [6.45, 7) is 0. The average molecular weight is 367 g/mol. The van der Waals surface area contributed by atoms with Crippen LogP contribution in [0.15, 0.2) is 55.1 Å². The van der Waals surface area contributed by atoms with E-state index in [1.54, 1.807) is 20.4 Å². The summed E-state index contributed by atoms with van der Waals surface area (Å²) in [5.41, 5.74) is 1.69. The minimum atomic E-state index is 0.615. The summed E-state index contributed by atoms with van der Waals surface area (Å²) in [7, 11) is 3.20. The molecule has 130 valence electrons. The molecule has 0 aliphatic heterocycles. The number of rotatable bonds is 4. The summed E-state index contributed by atoms with van der Waals surface area (Å²) in [6, 6.07) is 11.2. The van der Waals surface area contributed by atoms with Crippen LogP contribution in [0.25, 0.3) is 28.1 Å². The van der Waals surface area contributed by atoms with Crippen LogP contribution in [0.3, 0.4) is 0 Å². The van der Waals surface area contributed by atoms with Crippen molar-refractivity contribution in [1.82, 2.24) is 19.5 Å². The lowest BCUT2D eigenvalue weighted by Gasteiger charge is -2.13. The van der Waals surface area contributed by atoms with E-state index in [0.717, 1.165) is 22.3 Å². The molecule has 0 radical (unpaired) electrons. The van der Waals surface area contributed by atoms with Crippen molar-refractivity contribution >= 4 is 22.5 Å². The minimum Gasteiger partial charge on any atom is -0.493 e. The first-order valence-electron chi connectivity index (χ1n) is 7.87. The maximum atomic E-state index is 6.00. The molecule has 0 saturated heterocycles. The van der Waals surface area contributed by atoms with Crippen LogP contribution in [0.1, 0.15) is 0 Å². The Balaban J connectivity index is 1.93. The lowest BCUT2D eigenvalue weighted by atomic mass is 10.2. The summed E-state index contributed by atoms with van der Waals surface area (Å²) in [4.78, 5) is 13.3. The minimum absolute atomic E-state index is 0.615. The zero-order chi connectivity index (χ0) is 18.1. The molecule has 2 heterocycles. The molecule has 6 nitrogen and oxygen atoms in total.